The van der Waals surface area contributed by atoms with Gasteiger partial charge in [0.15, 0.2) is 0 Å². The van der Waals surface area contributed by atoms with Gasteiger partial charge in [-0.15, -0.1) is 0 Å². The third kappa shape index (κ3) is 1.42. The minimum absolute atomic E-state index is 0.0735. The number of benzene rings is 1. The third-order valence-corrected chi connectivity index (χ3v) is 2.49. The molecule has 2 nitrogen and oxygen atoms in total. The molecule has 2 aromatic rings. The number of furan rings is 1. The molecule has 0 saturated carbocycles. The van der Waals surface area contributed by atoms with Crippen molar-refractivity contribution >= 4 is 15.9 Å². The summed E-state index contributed by atoms with van der Waals surface area (Å²) in [6.07, 6.45) is 1.43. The first kappa shape index (κ1) is 9.27. The molecule has 0 amide bonds. The fraction of sp³-hybridized carbons (Fsp3) is 0. The molecule has 14 heavy (non-hydrogen) atoms. The van der Waals surface area contributed by atoms with Gasteiger partial charge in [-0.1, -0.05) is 0 Å². The van der Waals surface area contributed by atoms with Crippen LogP contribution in [0.3, 0.4) is 0 Å². The Labute approximate surface area is 88.1 Å². The molecule has 0 unspecified atom stereocenters. The number of phenols is 1. The third-order valence-electron chi connectivity index (χ3n) is 1.85. The van der Waals surface area contributed by atoms with E-state index < -0.39 is 5.82 Å². The Morgan fingerprint density at radius 1 is 1.29 bits per heavy atom. The fourth-order valence-corrected chi connectivity index (χ4v) is 1.53. The molecule has 0 atom stereocenters. The summed E-state index contributed by atoms with van der Waals surface area (Å²) in [5.74, 6) is -0.359. The highest BCUT2D eigenvalue weighted by atomic mass is 79.9. The van der Waals surface area contributed by atoms with Gasteiger partial charge in [-0.3, -0.25) is 0 Å². The molecule has 1 aromatic heterocycles. The summed E-state index contributed by atoms with van der Waals surface area (Å²) < 4.78 is 18.8. The maximum atomic E-state index is 13.4. The minimum atomic E-state index is -0.513. The lowest BCUT2D eigenvalue weighted by molar-refractivity contribution is 0.463. The molecule has 72 valence electrons. The largest absolute Gasteiger partial charge is 0.506 e. The van der Waals surface area contributed by atoms with Gasteiger partial charge in [-0.25, -0.2) is 4.39 Å². The lowest BCUT2D eigenvalue weighted by Crippen LogP contribution is -1.84. The van der Waals surface area contributed by atoms with Gasteiger partial charge in [0, 0.05) is 0 Å². The first-order chi connectivity index (χ1) is 6.70. The highest BCUT2D eigenvalue weighted by molar-refractivity contribution is 9.10. The molecule has 0 radical (unpaired) electrons. The van der Waals surface area contributed by atoms with Gasteiger partial charge in [0.05, 0.1) is 16.3 Å². The quantitative estimate of drug-likeness (QED) is 0.847. The Morgan fingerprint density at radius 2 is 2.07 bits per heavy atom. The van der Waals surface area contributed by atoms with E-state index >= 15 is 0 Å². The van der Waals surface area contributed by atoms with Crippen LogP contribution in [-0.2, 0) is 0 Å². The Bertz CT molecular complexity index is 451. The highest BCUT2D eigenvalue weighted by Crippen LogP contribution is 2.37. The Balaban J connectivity index is 2.69. The molecule has 1 N–H and O–H groups in total. The van der Waals surface area contributed by atoms with E-state index in [2.05, 4.69) is 15.9 Å². The molecular weight excluding hydrogens is 251 g/mol. The van der Waals surface area contributed by atoms with Gasteiger partial charge < -0.3 is 9.52 Å². The van der Waals surface area contributed by atoms with Gasteiger partial charge in [0.2, 0.25) is 0 Å². The zero-order chi connectivity index (χ0) is 10.1. The van der Waals surface area contributed by atoms with Crippen LogP contribution >= 0.6 is 15.9 Å². The smallest absolute Gasteiger partial charge is 0.143 e. The molecule has 1 heterocycles. The molecule has 0 spiro atoms. The zero-order valence-electron chi connectivity index (χ0n) is 7.00. The van der Waals surface area contributed by atoms with Crippen molar-refractivity contribution in [2.75, 3.05) is 0 Å². The number of hydrogen-bond acceptors (Lipinski definition) is 2. The second-order valence-corrected chi connectivity index (χ2v) is 3.58. The average Bonchev–Trinajstić information content (AvgIpc) is 2.65. The van der Waals surface area contributed by atoms with Crippen molar-refractivity contribution in [2.45, 2.75) is 0 Å². The Hall–Kier alpha value is -1.29. The summed E-state index contributed by atoms with van der Waals surface area (Å²) >= 11 is 3.11. The van der Waals surface area contributed by atoms with Crippen LogP contribution in [0.2, 0.25) is 0 Å². The van der Waals surface area contributed by atoms with Gasteiger partial charge in [-0.2, -0.15) is 0 Å². The van der Waals surface area contributed by atoms with Crippen molar-refractivity contribution in [1.82, 2.24) is 0 Å². The summed E-state index contributed by atoms with van der Waals surface area (Å²) in [7, 11) is 0. The van der Waals surface area contributed by atoms with Crippen LogP contribution in [0.4, 0.5) is 4.39 Å². The molecule has 0 aliphatic carbocycles. The number of halogens is 2. The molecular formula is C10H6BrFO2. The van der Waals surface area contributed by atoms with Crippen LogP contribution < -0.4 is 0 Å². The Morgan fingerprint density at radius 3 is 2.71 bits per heavy atom. The van der Waals surface area contributed by atoms with Crippen LogP contribution in [0.1, 0.15) is 0 Å². The molecule has 0 bridgehead atoms. The van der Waals surface area contributed by atoms with E-state index in [1.165, 1.54) is 18.4 Å². The predicted octanol–water partition coefficient (Wildman–Crippen LogP) is 3.55. The standard InChI is InChI=1S/C10H6BrFO2/c11-6-3-4-7(12)9(10(6)13)8-2-1-5-14-8/h1-5,13H. The highest BCUT2D eigenvalue weighted by Gasteiger charge is 2.15. The van der Waals surface area contributed by atoms with E-state index in [4.69, 9.17) is 4.42 Å². The van der Waals surface area contributed by atoms with E-state index in [9.17, 15) is 9.50 Å². The summed E-state index contributed by atoms with van der Waals surface area (Å²) in [5, 5.41) is 9.60. The van der Waals surface area contributed by atoms with E-state index in [1.54, 1.807) is 12.1 Å². The van der Waals surface area contributed by atoms with Crippen molar-refractivity contribution in [3.05, 3.63) is 40.8 Å². The number of phenolic OH excluding ortho intramolecular Hbond substituents is 1. The summed E-state index contributed by atoms with van der Waals surface area (Å²) in [6, 6.07) is 5.93. The van der Waals surface area contributed by atoms with Crippen LogP contribution in [-0.4, -0.2) is 5.11 Å². The topological polar surface area (TPSA) is 33.4 Å². The van der Waals surface area contributed by atoms with Gasteiger partial charge in [0.1, 0.15) is 17.3 Å². The monoisotopic (exact) mass is 256 g/mol. The van der Waals surface area contributed by atoms with Crippen LogP contribution in [0.25, 0.3) is 11.3 Å². The summed E-state index contributed by atoms with van der Waals surface area (Å²) in [5.41, 5.74) is 0.0735. The molecule has 0 aliphatic heterocycles. The molecule has 4 heteroatoms. The van der Waals surface area contributed by atoms with Crippen molar-refractivity contribution in [3.63, 3.8) is 0 Å². The fourth-order valence-electron chi connectivity index (χ4n) is 1.20. The normalized spacial score (nSPS) is 10.4. The maximum Gasteiger partial charge on any atom is 0.143 e. The van der Waals surface area contributed by atoms with Crippen molar-refractivity contribution in [2.24, 2.45) is 0 Å². The van der Waals surface area contributed by atoms with E-state index in [-0.39, 0.29) is 11.3 Å². The van der Waals surface area contributed by atoms with E-state index in [0.717, 1.165) is 0 Å². The lowest BCUT2D eigenvalue weighted by Gasteiger charge is -2.04. The van der Waals surface area contributed by atoms with Gasteiger partial charge >= 0.3 is 0 Å². The van der Waals surface area contributed by atoms with Crippen LogP contribution in [0.15, 0.2) is 39.4 Å². The first-order valence-corrected chi connectivity index (χ1v) is 4.70. The van der Waals surface area contributed by atoms with Crippen LogP contribution in [0.5, 0.6) is 5.75 Å². The molecule has 0 fully saturated rings. The molecule has 2 rings (SSSR count). The summed E-state index contributed by atoms with van der Waals surface area (Å²) in [6.45, 7) is 0. The molecule has 1 aromatic carbocycles. The number of rotatable bonds is 1. The maximum absolute atomic E-state index is 13.4. The second kappa shape index (κ2) is 3.46. The predicted molar refractivity (Wildman–Crippen MR) is 53.5 cm³/mol. The molecule has 0 saturated heterocycles. The molecule has 0 aliphatic rings. The summed E-state index contributed by atoms with van der Waals surface area (Å²) in [4.78, 5) is 0. The lowest BCUT2D eigenvalue weighted by atomic mass is 10.1. The first-order valence-electron chi connectivity index (χ1n) is 3.91. The van der Waals surface area contributed by atoms with E-state index in [1.807, 2.05) is 0 Å². The van der Waals surface area contributed by atoms with Crippen molar-refractivity contribution < 1.29 is 13.9 Å². The zero-order valence-corrected chi connectivity index (χ0v) is 8.58. The Kier molecular flexibility index (Phi) is 2.29. The van der Waals surface area contributed by atoms with Gasteiger partial charge in [0.25, 0.3) is 0 Å². The number of aromatic hydroxyl groups is 1. The van der Waals surface area contributed by atoms with Gasteiger partial charge in [-0.05, 0) is 40.2 Å². The van der Waals surface area contributed by atoms with E-state index in [0.29, 0.717) is 10.2 Å². The minimum Gasteiger partial charge on any atom is -0.506 e. The van der Waals surface area contributed by atoms with Crippen molar-refractivity contribution in [3.8, 4) is 17.1 Å². The average molecular weight is 257 g/mol. The van der Waals surface area contributed by atoms with Crippen molar-refractivity contribution in [1.29, 1.82) is 0 Å². The second-order valence-electron chi connectivity index (χ2n) is 2.73. The van der Waals surface area contributed by atoms with Crippen LogP contribution in [0, 0.1) is 5.82 Å². The number of hydrogen-bond donors (Lipinski definition) is 1. The SMILES string of the molecule is Oc1c(Br)ccc(F)c1-c1ccco1.